The number of fused-ring (bicyclic) bond motifs is 1. The molecule has 0 saturated heterocycles. The summed E-state index contributed by atoms with van der Waals surface area (Å²) >= 11 is 1.76. The highest BCUT2D eigenvalue weighted by atomic mass is 32.1. The Hall–Kier alpha value is -1.42. The summed E-state index contributed by atoms with van der Waals surface area (Å²) in [6.45, 7) is 3.53. The van der Waals surface area contributed by atoms with Gasteiger partial charge in [-0.25, -0.2) is 4.98 Å². The van der Waals surface area contributed by atoms with Crippen molar-refractivity contribution in [2.45, 2.75) is 39.0 Å². The van der Waals surface area contributed by atoms with Crippen LogP contribution in [0.25, 0.3) is 10.2 Å². The van der Waals surface area contributed by atoms with Crippen molar-refractivity contribution in [2.75, 3.05) is 0 Å². The van der Waals surface area contributed by atoms with E-state index < -0.39 is 11.4 Å². The summed E-state index contributed by atoms with van der Waals surface area (Å²) in [7, 11) is 0. The largest absolute Gasteiger partial charge is 0.481 e. The molecule has 100 valence electrons. The summed E-state index contributed by atoms with van der Waals surface area (Å²) in [6, 6.07) is 6.09. The summed E-state index contributed by atoms with van der Waals surface area (Å²) < 4.78 is 1.18. The molecule has 0 atom stereocenters. The molecule has 0 aliphatic heterocycles. The zero-order valence-electron chi connectivity index (χ0n) is 11.1. The van der Waals surface area contributed by atoms with Crippen molar-refractivity contribution >= 4 is 27.5 Å². The number of para-hydroxylation sites is 1. The maximum atomic E-state index is 11.3. The summed E-state index contributed by atoms with van der Waals surface area (Å²) in [5.74, 6) is -0.111. The molecule has 1 heterocycles. The van der Waals surface area contributed by atoms with E-state index in [2.05, 4.69) is 6.07 Å². The van der Waals surface area contributed by atoms with Crippen molar-refractivity contribution in [1.82, 2.24) is 4.98 Å². The second-order valence-corrected chi connectivity index (χ2v) is 7.02. The molecule has 0 radical (unpaired) electrons. The second kappa shape index (κ2) is 4.30. The first-order valence-electron chi connectivity index (χ1n) is 6.59. The Balaban J connectivity index is 2.01. The standard InChI is InChI=1S/C15H17NO2S/c1-15(2,14(17)18)8-10-4-3-5-11-12(10)16-13(19-11)9-6-7-9/h3-5,9H,6-8H2,1-2H3,(H,17,18). The fourth-order valence-corrected chi connectivity index (χ4v) is 3.41. The quantitative estimate of drug-likeness (QED) is 0.922. The van der Waals surface area contributed by atoms with E-state index in [0.717, 1.165) is 11.1 Å². The van der Waals surface area contributed by atoms with E-state index in [9.17, 15) is 9.90 Å². The van der Waals surface area contributed by atoms with Gasteiger partial charge in [0, 0.05) is 5.92 Å². The van der Waals surface area contributed by atoms with Crippen molar-refractivity contribution in [3.63, 3.8) is 0 Å². The van der Waals surface area contributed by atoms with Gasteiger partial charge >= 0.3 is 5.97 Å². The van der Waals surface area contributed by atoms with Crippen molar-refractivity contribution in [1.29, 1.82) is 0 Å². The lowest BCUT2D eigenvalue weighted by Gasteiger charge is -2.19. The summed E-state index contributed by atoms with van der Waals surface area (Å²) in [5, 5.41) is 10.5. The van der Waals surface area contributed by atoms with E-state index in [0.29, 0.717) is 12.3 Å². The van der Waals surface area contributed by atoms with Crippen molar-refractivity contribution in [3.05, 3.63) is 28.8 Å². The predicted octanol–water partition coefficient (Wildman–Crippen LogP) is 3.83. The van der Waals surface area contributed by atoms with Crippen molar-refractivity contribution in [2.24, 2.45) is 5.41 Å². The number of carbonyl (C=O) groups is 1. The van der Waals surface area contributed by atoms with Crippen LogP contribution in [0.5, 0.6) is 0 Å². The Labute approximate surface area is 116 Å². The van der Waals surface area contributed by atoms with Gasteiger partial charge in [-0.3, -0.25) is 4.79 Å². The maximum Gasteiger partial charge on any atom is 0.309 e. The lowest BCUT2D eigenvalue weighted by Crippen LogP contribution is -2.26. The lowest BCUT2D eigenvalue weighted by atomic mass is 9.85. The summed E-state index contributed by atoms with van der Waals surface area (Å²) in [5.41, 5.74) is 1.30. The highest BCUT2D eigenvalue weighted by Gasteiger charge is 2.30. The fraction of sp³-hybridized carbons (Fsp3) is 0.467. The van der Waals surface area contributed by atoms with Gasteiger partial charge in [0.25, 0.3) is 0 Å². The molecule has 1 aromatic heterocycles. The van der Waals surface area contributed by atoms with Crippen LogP contribution in [0.3, 0.4) is 0 Å². The van der Waals surface area contributed by atoms with Gasteiger partial charge in [0.2, 0.25) is 0 Å². The minimum Gasteiger partial charge on any atom is -0.481 e. The normalized spacial score (nSPS) is 15.9. The highest BCUT2D eigenvalue weighted by Crippen LogP contribution is 2.43. The smallest absolute Gasteiger partial charge is 0.309 e. The molecule has 1 aromatic carbocycles. The van der Waals surface area contributed by atoms with E-state index in [1.807, 2.05) is 12.1 Å². The third kappa shape index (κ3) is 2.37. The minimum absolute atomic E-state index is 0.521. The molecule has 0 bridgehead atoms. The van der Waals surface area contributed by atoms with Crippen LogP contribution in [-0.2, 0) is 11.2 Å². The first-order valence-corrected chi connectivity index (χ1v) is 7.41. The number of rotatable bonds is 4. The predicted molar refractivity (Wildman–Crippen MR) is 76.7 cm³/mol. The number of thiazole rings is 1. The van der Waals surface area contributed by atoms with E-state index in [1.54, 1.807) is 25.2 Å². The molecule has 1 fully saturated rings. The molecule has 19 heavy (non-hydrogen) atoms. The average Bonchev–Trinajstić information content (AvgIpc) is 3.09. The number of hydrogen-bond donors (Lipinski definition) is 1. The molecule has 2 aromatic rings. The summed E-state index contributed by atoms with van der Waals surface area (Å²) in [4.78, 5) is 16.0. The molecule has 4 heteroatoms. The molecule has 3 nitrogen and oxygen atoms in total. The zero-order valence-corrected chi connectivity index (χ0v) is 12.0. The number of nitrogens with zero attached hydrogens (tertiary/aromatic N) is 1. The van der Waals surface area contributed by atoms with Crippen LogP contribution in [0.2, 0.25) is 0 Å². The van der Waals surface area contributed by atoms with Gasteiger partial charge in [0.05, 0.1) is 20.6 Å². The molecule has 0 spiro atoms. The van der Waals surface area contributed by atoms with Gasteiger partial charge in [0.1, 0.15) is 0 Å². The van der Waals surface area contributed by atoms with Gasteiger partial charge in [-0.1, -0.05) is 12.1 Å². The fourth-order valence-electron chi connectivity index (χ4n) is 2.22. The number of aromatic nitrogens is 1. The summed E-state index contributed by atoms with van der Waals surface area (Å²) in [6.07, 6.45) is 3.01. The number of carboxylic acids is 1. The Morgan fingerprint density at radius 3 is 2.84 bits per heavy atom. The molecule has 1 aliphatic rings. The Bertz CT molecular complexity index is 641. The Kier molecular flexibility index (Phi) is 2.86. The van der Waals surface area contributed by atoms with E-state index in [4.69, 9.17) is 4.98 Å². The first-order chi connectivity index (χ1) is 8.97. The van der Waals surface area contributed by atoms with E-state index in [1.165, 1.54) is 22.5 Å². The average molecular weight is 275 g/mol. The van der Waals surface area contributed by atoms with Crippen LogP contribution in [0.15, 0.2) is 18.2 Å². The molecule has 1 N–H and O–H groups in total. The molecule has 3 rings (SSSR count). The van der Waals surface area contributed by atoms with Gasteiger partial charge in [-0.2, -0.15) is 0 Å². The third-order valence-corrected chi connectivity index (χ3v) is 4.84. The van der Waals surface area contributed by atoms with Gasteiger partial charge in [-0.15, -0.1) is 11.3 Å². The van der Waals surface area contributed by atoms with Crippen molar-refractivity contribution in [3.8, 4) is 0 Å². The van der Waals surface area contributed by atoms with E-state index in [-0.39, 0.29) is 0 Å². The van der Waals surface area contributed by atoms with Crippen LogP contribution in [0, 0.1) is 5.41 Å². The minimum atomic E-state index is -0.762. The number of hydrogen-bond acceptors (Lipinski definition) is 3. The Morgan fingerprint density at radius 2 is 2.21 bits per heavy atom. The number of benzene rings is 1. The van der Waals surface area contributed by atoms with Gasteiger partial charge < -0.3 is 5.11 Å². The number of carboxylic acid groups (broad SMARTS) is 1. The van der Waals surface area contributed by atoms with Crippen molar-refractivity contribution < 1.29 is 9.90 Å². The zero-order chi connectivity index (χ0) is 13.6. The molecular weight excluding hydrogens is 258 g/mol. The molecule has 1 saturated carbocycles. The first kappa shape index (κ1) is 12.6. The third-order valence-electron chi connectivity index (χ3n) is 3.66. The van der Waals surface area contributed by atoms with Gasteiger partial charge in [-0.05, 0) is 44.7 Å². The van der Waals surface area contributed by atoms with Gasteiger partial charge in [0.15, 0.2) is 0 Å². The SMILES string of the molecule is CC(C)(Cc1cccc2sc(C3CC3)nc12)C(=O)O. The monoisotopic (exact) mass is 275 g/mol. The molecular formula is C15H17NO2S. The van der Waals surface area contributed by atoms with Crippen LogP contribution in [0.4, 0.5) is 0 Å². The molecule has 0 unspecified atom stereocenters. The Morgan fingerprint density at radius 1 is 1.47 bits per heavy atom. The highest BCUT2D eigenvalue weighted by molar-refractivity contribution is 7.18. The number of aliphatic carboxylic acids is 1. The topological polar surface area (TPSA) is 50.2 Å². The van der Waals surface area contributed by atoms with Crippen LogP contribution in [0.1, 0.15) is 43.2 Å². The van der Waals surface area contributed by atoms with Crippen LogP contribution < -0.4 is 0 Å². The molecule has 0 amide bonds. The lowest BCUT2D eigenvalue weighted by molar-refractivity contribution is -0.146. The van der Waals surface area contributed by atoms with E-state index >= 15 is 0 Å². The van der Waals surface area contributed by atoms with Crippen LogP contribution >= 0.6 is 11.3 Å². The van der Waals surface area contributed by atoms with Crippen LogP contribution in [-0.4, -0.2) is 16.1 Å². The maximum absolute atomic E-state index is 11.3. The molecule has 1 aliphatic carbocycles. The second-order valence-electron chi connectivity index (χ2n) is 5.96.